The predicted octanol–water partition coefficient (Wildman–Crippen LogP) is 2.92. The van der Waals surface area contributed by atoms with Crippen LogP contribution in [0.25, 0.3) is 0 Å². The molecule has 0 aliphatic rings. The van der Waals surface area contributed by atoms with Gasteiger partial charge in [0.2, 0.25) is 0 Å². The number of hydrogen-bond acceptors (Lipinski definition) is 4. The number of hydrogen-bond donors (Lipinski definition) is 2. The van der Waals surface area contributed by atoms with Crippen molar-refractivity contribution in [3.05, 3.63) is 51.7 Å². The van der Waals surface area contributed by atoms with Gasteiger partial charge in [-0.2, -0.15) is 5.10 Å². The molecule has 4 nitrogen and oxygen atoms in total. The second kappa shape index (κ2) is 5.67. The lowest BCUT2D eigenvalue weighted by molar-refractivity contribution is 0.0952. The summed E-state index contributed by atoms with van der Waals surface area (Å²) in [5, 5.41) is 15.8. The van der Waals surface area contributed by atoms with Gasteiger partial charge in [0.1, 0.15) is 5.75 Å². The molecular weight excluding hydrogens is 260 g/mol. The first-order valence-corrected chi connectivity index (χ1v) is 6.64. The number of phenolic OH excluding ortho intramolecular Hbond substituents is 1. The summed E-state index contributed by atoms with van der Waals surface area (Å²) in [6.45, 7) is 3.56. The zero-order chi connectivity index (χ0) is 13.8. The maximum Gasteiger partial charge on any atom is 0.275 e. The van der Waals surface area contributed by atoms with E-state index >= 15 is 0 Å². The molecule has 0 saturated carbocycles. The van der Waals surface area contributed by atoms with Crippen molar-refractivity contribution in [1.82, 2.24) is 5.43 Å². The molecule has 0 aliphatic carbocycles. The van der Waals surface area contributed by atoms with E-state index in [2.05, 4.69) is 10.5 Å². The number of thiophene rings is 1. The van der Waals surface area contributed by atoms with Crippen molar-refractivity contribution in [2.75, 3.05) is 0 Å². The predicted molar refractivity (Wildman–Crippen MR) is 76.8 cm³/mol. The van der Waals surface area contributed by atoms with Crippen LogP contribution in [0.4, 0.5) is 0 Å². The lowest BCUT2D eigenvalue weighted by Gasteiger charge is -2.05. The van der Waals surface area contributed by atoms with Gasteiger partial charge in [0, 0.05) is 4.88 Å². The van der Waals surface area contributed by atoms with Crippen molar-refractivity contribution in [3.63, 3.8) is 0 Å². The molecule has 19 heavy (non-hydrogen) atoms. The van der Waals surface area contributed by atoms with E-state index in [1.165, 1.54) is 0 Å². The van der Waals surface area contributed by atoms with Gasteiger partial charge in [-0.05, 0) is 36.9 Å². The molecule has 0 atom stereocenters. The van der Waals surface area contributed by atoms with Crippen LogP contribution in [-0.4, -0.2) is 16.7 Å². The number of nitrogens with zero attached hydrogens (tertiary/aromatic N) is 1. The molecule has 0 bridgehead atoms. The van der Waals surface area contributed by atoms with Crippen LogP contribution in [0.5, 0.6) is 5.75 Å². The van der Waals surface area contributed by atoms with Crippen LogP contribution in [0.3, 0.4) is 0 Å². The van der Waals surface area contributed by atoms with Gasteiger partial charge < -0.3 is 5.11 Å². The highest BCUT2D eigenvalue weighted by Crippen LogP contribution is 2.21. The van der Waals surface area contributed by atoms with Crippen LogP contribution in [-0.2, 0) is 0 Å². The number of para-hydroxylation sites is 1. The molecule has 98 valence electrons. The third-order valence-corrected chi connectivity index (χ3v) is 3.66. The third kappa shape index (κ3) is 3.00. The smallest absolute Gasteiger partial charge is 0.275 e. The van der Waals surface area contributed by atoms with Gasteiger partial charge in [-0.3, -0.25) is 4.79 Å². The molecule has 1 amide bonds. The third-order valence-electron chi connectivity index (χ3n) is 2.69. The molecule has 0 fully saturated rings. The zero-order valence-corrected chi connectivity index (χ0v) is 11.5. The van der Waals surface area contributed by atoms with Crippen molar-refractivity contribution >= 4 is 23.0 Å². The number of carbonyl (C=O) groups excluding carboxylic acids is 1. The molecule has 5 heteroatoms. The van der Waals surface area contributed by atoms with E-state index < -0.39 is 5.91 Å². The number of amides is 1. The summed E-state index contributed by atoms with van der Waals surface area (Å²) in [5.41, 5.74) is 4.07. The van der Waals surface area contributed by atoms with E-state index in [-0.39, 0.29) is 11.3 Å². The number of hydrazone groups is 1. The average Bonchev–Trinajstić information content (AvgIpc) is 2.93. The largest absolute Gasteiger partial charge is 0.507 e. The molecule has 2 N–H and O–H groups in total. The fourth-order valence-electron chi connectivity index (χ4n) is 1.58. The number of nitrogens with one attached hydrogen (secondary N) is 1. The molecular formula is C14H14N2O2S. The number of benzene rings is 1. The summed E-state index contributed by atoms with van der Waals surface area (Å²) in [6.07, 6.45) is 0. The SMILES string of the molecule is CC(=NNC(=O)c1cccc(C)c1O)c1cccs1. The lowest BCUT2D eigenvalue weighted by Crippen LogP contribution is -2.19. The van der Waals surface area contributed by atoms with E-state index in [4.69, 9.17) is 0 Å². The first-order valence-electron chi connectivity index (χ1n) is 5.76. The molecule has 1 heterocycles. The molecule has 0 unspecified atom stereocenters. The normalized spacial score (nSPS) is 11.4. The highest BCUT2D eigenvalue weighted by molar-refractivity contribution is 7.12. The summed E-state index contributed by atoms with van der Waals surface area (Å²) < 4.78 is 0. The number of carbonyl (C=O) groups is 1. The second-order valence-electron chi connectivity index (χ2n) is 4.09. The first-order chi connectivity index (χ1) is 9.09. The minimum atomic E-state index is -0.419. The monoisotopic (exact) mass is 274 g/mol. The number of aromatic hydroxyl groups is 1. The fraction of sp³-hybridized carbons (Fsp3) is 0.143. The standard InChI is InChI=1S/C14H14N2O2S/c1-9-5-3-6-11(13(9)17)14(18)16-15-10(2)12-7-4-8-19-12/h3-8,17H,1-2H3,(H,16,18). The van der Waals surface area contributed by atoms with Crippen LogP contribution < -0.4 is 5.43 Å². The summed E-state index contributed by atoms with van der Waals surface area (Å²) >= 11 is 1.55. The fourth-order valence-corrected chi connectivity index (χ4v) is 2.25. The van der Waals surface area contributed by atoms with Crippen LogP contribution in [0.15, 0.2) is 40.8 Å². The van der Waals surface area contributed by atoms with Gasteiger partial charge in [-0.15, -0.1) is 11.3 Å². The molecule has 1 aromatic heterocycles. The Morgan fingerprint density at radius 2 is 2.11 bits per heavy atom. The minimum Gasteiger partial charge on any atom is -0.507 e. The second-order valence-corrected chi connectivity index (χ2v) is 5.03. The quantitative estimate of drug-likeness (QED) is 0.667. The number of rotatable bonds is 3. The van der Waals surface area contributed by atoms with Gasteiger partial charge in [0.15, 0.2) is 0 Å². The Morgan fingerprint density at radius 1 is 1.32 bits per heavy atom. The Hall–Kier alpha value is -2.14. The van der Waals surface area contributed by atoms with Crippen molar-refractivity contribution < 1.29 is 9.90 Å². The Labute approximate surface area is 115 Å². The van der Waals surface area contributed by atoms with Gasteiger partial charge in [-0.25, -0.2) is 5.43 Å². The van der Waals surface area contributed by atoms with E-state index in [9.17, 15) is 9.90 Å². The molecule has 0 saturated heterocycles. The average molecular weight is 274 g/mol. The highest BCUT2D eigenvalue weighted by Gasteiger charge is 2.11. The van der Waals surface area contributed by atoms with Gasteiger partial charge >= 0.3 is 0 Å². The molecule has 1 aromatic carbocycles. The number of aryl methyl sites for hydroxylation is 1. The summed E-state index contributed by atoms with van der Waals surface area (Å²) in [4.78, 5) is 12.9. The van der Waals surface area contributed by atoms with Crippen LogP contribution >= 0.6 is 11.3 Å². The minimum absolute atomic E-state index is 0.0102. The van der Waals surface area contributed by atoms with Crippen molar-refractivity contribution in [3.8, 4) is 5.75 Å². The van der Waals surface area contributed by atoms with Crippen LogP contribution in [0.2, 0.25) is 0 Å². The van der Waals surface area contributed by atoms with Gasteiger partial charge in [-0.1, -0.05) is 18.2 Å². The van der Waals surface area contributed by atoms with E-state index in [1.807, 2.05) is 24.4 Å². The van der Waals surface area contributed by atoms with Crippen LogP contribution in [0, 0.1) is 6.92 Å². The molecule has 0 spiro atoms. The van der Waals surface area contributed by atoms with E-state index in [0.29, 0.717) is 5.56 Å². The van der Waals surface area contributed by atoms with E-state index in [0.717, 1.165) is 10.6 Å². The maximum absolute atomic E-state index is 11.9. The Kier molecular flexibility index (Phi) is 3.97. The Bertz CT molecular complexity index is 618. The molecule has 0 radical (unpaired) electrons. The number of phenols is 1. The van der Waals surface area contributed by atoms with E-state index in [1.54, 1.807) is 36.5 Å². The summed E-state index contributed by atoms with van der Waals surface area (Å²) in [7, 11) is 0. The molecule has 2 rings (SSSR count). The topological polar surface area (TPSA) is 61.7 Å². The first kappa shape index (κ1) is 13.3. The van der Waals surface area contributed by atoms with Crippen molar-refractivity contribution in [1.29, 1.82) is 0 Å². The Balaban J connectivity index is 2.14. The Morgan fingerprint density at radius 3 is 2.79 bits per heavy atom. The maximum atomic E-state index is 11.9. The lowest BCUT2D eigenvalue weighted by atomic mass is 10.1. The summed E-state index contributed by atoms with van der Waals surface area (Å²) in [6, 6.07) is 8.88. The highest BCUT2D eigenvalue weighted by atomic mass is 32.1. The summed E-state index contributed by atoms with van der Waals surface area (Å²) in [5.74, 6) is -0.430. The van der Waals surface area contributed by atoms with Gasteiger partial charge in [0.25, 0.3) is 5.91 Å². The van der Waals surface area contributed by atoms with Crippen molar-refractivity contribution in [2.45, 2.75) is 13.8 Å². The van der Waals surface area contributed by atoms with Gasteiger partial charge in [0.05, 0.1) is 11.3 Å². The van der Waals surface area contributed by atoms with Crippen molar-refractivity contribution in [2.24, 2.45) is 5.10 Å². The molecule has 2 aromatic rings. The van der Waals surface area contributed by atoms with Crippen LogP contribution in [0.1, 0.15) is 27.7 Å². The zero-order valence-electron chi connectivity index (χ0n) is 10.7. The molecule has 0 aliphatic heterocycles.